The summed E-state index contributed by atoms with van der Waals surface area (Å²) in [7, 11) is 0. The Balaban J connectivity index is 1.78. The van der Waals surface area contributed by atoms with Crippen LogP contribution in [0.3, 0.4) is 0 Å². The summed E-state index contributed by atoms with van der Waals surface area (Å²) in [6.07, 6.45) is -4.38. The molecule has 0 aliphatic rings. The summed E-state index contributed by atoms with van der Waals surface area (Å²) < 4.78 is 43.3. The van der Waals surface area contributed by atoms with Crippen LogP contribution in [0.15, 0.2) is 42.5 Å². The number of ether oxygens (including phenoxy) is 1. The standard InChI is InChI=1S/C16H13F3N2O/c1-10-4-2-7-13-15(10)21-14(20-13)9-22-12-6-3-5-11(8-12)16(17,18)19/h2-8H,9H2,1H3,(H,20,21). The van der Waals surface area contributed by atoms with Gasteiger partial charge < -0.3 is 9.72 Å². The van der Waals surface area contributed by atoms with Gasteiger partial charge in [0.1, 0.15) is 18.2 Å². The fraction of sp³-hybridized carbons (Fsp3) is 0.188. The van der Waals surface area contributed by atoms with Crippen molar-refractivity contribution in [2.75, 3.05) is 0 Å². The van der Waals surface area contributed by atoms with Gasteiger partial charge in [0, 0.05) is 0 Å². The first kappa shape index (κ1) is 14.4. The molecule has 22 heavy (non-hydrogen) atoms. The van der Waals surface area contributed by atoms with Gasteiger partial charge in [-0.3, -0.25) is 0 Å². The number of benzene rings is 2. The van der Waals surface area contributed by atoms with E-state index >= 15 is 0 Å². The molecule has 1 heterocycles. The summed E-state index contributed by atoms with van der Waals surface area (Å²) in [4.78, 5) is 7.48. The molecule has 2 aromatic carbocycles. The molecule has 114 valence electrons. The lowest BCUT2D eigenvalue weighted by atomic mass is 10.2. The molecular weight excluding hydrogens is 293 g/mol. The number of H-pyrrole nitrogens is 1. The molecular formula is C16H13F3N2O. The number of rotatable bonds is 3. The zero-order valence-electron chi connectivity index (χ0n) is 11.7. The van der Waals surface area contributed by atoms with E-state index in [1.54, 1.807) is 0 Å². The zero-order valence-corrected chi connectivity index (χ0v) is 11.7. The van der Waals surface area contributed by atoms with Crippen molar-refractivity contribution in [1.82, 2.24) is 9.97 Å². The number of imidazole rings is 1. The molecule has 0 spiro atoms. The van der Waals surface area contributed by atoms with Crippen molar-refractivity contribution in [2.24, 2.45) is 0 Å². The number of alkyl halides is 3. The topological polar surface area (TPSA) is 37.9 Å². The molecule has 1 N–H and O–H groups in total. The molecule has 1 aromatic heterocycles. The van der Waals surface area contributed by atoms with Crippen LogP contribution in [0.1, 0.15) is 17.0 Å². The van der Waals surface area contributed by atoms with E-state index in [1.165, 1.54) is 12.1 Å². The Morgan fingerprint density at radius 3 is 2.64 bits per heavy atom. The average Bonchev–Trinajstić information content (AvgIpc) is 2.89. The largest absolute Gasteiger partial charge is 0.486 e. The number of aryl methyl sites for hydroxylation is 1. The Kier molecular flexibility index (Phi) is 3.52. The van der Waals surface area contributed by atoms with Crippen molar-refractivity contribution in [2.45, 2.75) is 19.7 Å². The van der Waals surface area contributed by atoms with E-state index in [1.807, 2.05) is 25.1 Å². The second-order valence-electron chi connectivity index (χ2n) is 4.97. The first-order valence-electron chi connectivity index (χ1n) is 6.68. The van der Waals surface area contributed by atoms with Crippen LogP contribution in [0.2, 0.25) is 0 Å². The van der Waals surface area contributed by atoms with Crippen molar-refractivity contribution in [3.05, 3.63) is 59.4 Å². The van der Waals surface area contributed by atoms with Gasteiger partial charge in [-0.15, -0.1) is 0 Å². The average molecular weight is 306 g/mol. The third-order valence-corrected chi connectivity index (χ3v) is 3.31. The minimum atomic E-state index is -4.38. The number of halogens is 3. The van der Waals surface area contributed by atoms with Crippen molar-refractivity contribution in [3.8, 4) is 5.75 Å². The fourth-order valence-electron chi connectivity index (χ4n) is 2.21. The lowest BCUT2D eigenvalue weighted by Crippen LogP contribution is -2.05. The Morgan fingerprint density at radius 1 is 1.14 bits per heavy atom. The van der Waals surface area contributed by atoms with Gasteiger partial charge in [-0.1, -0.05) is 18.2 Å². The first-order valence-corrected chi connectivity index (χ1v) is 6.68. The van der Waals surface area contributed by atoms with Crippen LogP contribution < -0.4 is 4.74 Å². The smallest absolute Gasteiger partial charge is 0.416 e. The summed E-state index contributed by atoms with van der Waals surface area (Å²) in [5.41, 5.74) is 2.04. The van der Waals surface area contributed by atoms with E-state index in [4.69, 9.17) is 4.74 Å². The second-order valence-corrected chi connectivity index (χ2v) is 4.97. The first-order chi connectivity index (χ1) is 10.4. The Bertz CT molecular complexity index is 809. The molecule has 0 saturated carbocycles. The third kappa shape index (κ3) is 2.90. The number of nitrogens with one attached hydrogen (secondary N) is 1. The number of hydrogen-bond acceptors (Lipinski definition) is 2. The highest BCUT2D eigenvalue weighted by Crippen LogP contribution is 2.31. The number of hydrogen-bond donors (Lipinski definition) is 1. The fourth-order valence-corrected chi connectivity index (χ4v) is 2.21. The maximum Gasteiger partial charge on any atom is 0.416 e. The highest BCUT2D eigenvalue weighted by molar-refractivity contribution is 5.78. The molecule has 0 unspecified atom stereocenters. The number of nitrogens with zero attached hydrogens (tertiary/aromatic N) is 1. The van der Waals surface area contributed by atoms with Crippen LogP contribution >= 0.6 is 0 Å². The summed E-state index contributed by atoms with van der Waals surface area (Å²) in [6, 6.07) is 10.5. The highest BCUT2D eigenvalue weighted by atomic mass is 19.4. The van der Waals surface area contributed by atoms with Gasteiger partial charge in [0.05, 0.1) is 16.6 Å². The molecule has 3 aromatic rings. The molecule has 3 nitrogen and oxygen atoms in total. The normalized spacial score (nSPS) is 11.8. The van der Waals surface area contributed by atoms with Gasteiger partial charge in [0.2, 0.25) is 0 Å². The molecule has 0 saturated heterocycles. The van der Waals surface area contributed by atoms with Gasteiger partial charge in [0.25, 0.3) is 0 Å². The van der Waals surface area contributed by atoms with Crippen molar-refractivity contribution < 1.29 is 17.9 Å². The lowest BCUT2D eigenvalue weighted by molar-refractivity contribution is -0.137. The van der Waals surface area contributed by atoms with Crippen LogP contribution in [-0.2, 0) is 12.8 Å². The van der Waals surface area contributed by atoms with Crippen molar-refractivity contribution in [3.63, 3.8) is 0 Å². The maximum absolute atomic E-state index is 12.6. The van der Waals surface area contributed by atoms with Gasteiger partial charge in [-0.25, -0.2) is 4.98 Å². The van der Waals surface area contributed by atoms with Crippen LogP contribution in [0.5, 0.6) is 5.75 Å². The van der Waals surface area contributed by atoms with E-state index < -0.39 is 11.7 Å². The number of aromatic amines is 1. The highest BCUT2D eigenvalue weighted by Gasteiger charge is 2.30. The van der Waals surface area contributed by atoms with Gasteiger partial charge in [-0.05, 0) is 36.8 Å². The zero-order chi connectivity index (χ0) is 15.7. The molecule has 0 aliphatic carbocycles. The molecule has 0 aliphatic heterocycles. The van der Waals surface area contributed by atoms with Crippen molar-refractivity contribution >= 4 is 11.0 Å². The quantitative estimate of drug-likeness (QED) is 0.775. The molecule has 0 fully saturated rings. The van der Waals surface area contributed by atoms with E-state index in [0.29, 0.717) is 5.82 Å². The van der Waals surface area contributed by atoms with E-state index in [2.05, 4.69) is 9.97 Å². The van der Waals surface area contributed by atoms with Crippen LogP contribution in [0, 0.1) is 6.92 Å². The molecule has 0 bridgehead atoms. The molecule has 3 rings (SSSR count). The summed E-state index contributed by atoms with van der Waals surface area (Å²) in [6.45, 7) is 2.04. The summed E-state index contributed by atoms with van der Waals surface area (Å²) in [5, 5.41) is 0. The van der Waals surface area contributed by atoms with Gasteiger partial charge in [0.15, 0.2) is 0 Å². The third-order valence-electron chi connectivity index (χ3n) is 3.31. The van der Waals surface area contributed by atoms with Gasteiger partial charge in [-0.2, -0.15) is 13.2 Å². The Hall–Kier alpha value is -2.50. The molecule has 0 amide bonds. The SMILES string of the molecule is Cc1cccc2nc(COc3cccc(C(F)(F)F)c3)[nH]c12. The lowest BCUT2D eigenvalue weighted by Gasteiger charge is -2.09. The van der Waals surface area contributed by atoms with E-state index in [0.717, 1.165) is 28.7 Å². The van der Waals surface area contributed by atoms with E-state index in [-0.39, 0.29) is 12.4 Å². The Morgan fingerprint density at radius 2 is 1.91 bits per heavy atom. The molecule has 0 radical (unpaired) electrons. The second kappa shape index (κ2) is 5.36. The maximum atomic E-state index is 12.6. The summed E-state index contributed by atoms with van der Waals surface area (Å²) >= 11 is 0. The number of fused-ring (bicyclic) bond motifs is 1. The minimum Gasteiger partial charge on any atom is -0.486 e. The van der Waals surface area contributed by atoms with Gasteiger partial charge >= 0.3 is 6.18 Å². The summed E-state index contributed by atoms with van der Waals surface area (Å²) in [5.74, 6) is 0.730. The Labute approximate surface area is 124 Å². The predicted molar refractivity (Wildman–Crippen MR) is 76.6 cm³/mol. The monoisotopic (exact) mass is 306 g/mol. The predicted octanol–water partition coefficient (Wildman–Crippen LogP) is 4.47. The number of para-hydroxylation sites is 1. The van der Waals surface area contributed by atoms with Crippen LogP contribution in [0.25, 0.3) is 11.0 Å². The minimum absolute atomic E-state index is 0.0788. The van der Waals surface area contributed by atoms with Crippen LogP contribution in [0.4, 0.5) is 13.2 Å². The molecule has 6 heteroatoms. The van der Waals surface area contributed by atoms with Crippen LogP contribution in [-0.4, -0.2) is 9.97 Å². The molecule has 0 atom stereocenters. The van der Waals surface area contributed by atoms with Crippen molar-refractivity contribution in [1.29, 1.82) is 0 Å². The number of aromatic nitrogens is 2. The van der Waals surface area contributed by atoms with E-state index in [9.17, 15) is 13.2 Å².